The highest BCUT2D eigenvalue weighted by atomic mass is 19.1. The van der Waals surface area contributed by atoms with Gasteiger partial charge in [-0.25, -0.2) is 4.39 Å². The summed E-state index contributed by atoms with van der Waals surface area (Å²) >= 11 is 0. The Morgan fingerprint density at radius 1 is 1.11 bits per heavy atom. The lowest BCUT2D eigenvalue weighted by molar-refractivity contribution is 0.627. The zero-order valence-corrected chi connectivity index (χ0v) is 10.2. The Balaban J connectivity index is 2.02. The molecule has 0 saturated heterocycles. The lowest BCUT2D eigenvalue weighted by atomic mass is 10.2. The van der Waals surface area contributed by atoms with Crippen LogP contribution in [0.2, 0.25) is 0 Å². The van der Waals surface area contributed by atoms with Crippen molar-refractivity contribution in [3.05, 3.63) is 53.8 Å². The first-order valence-electron chi connectivity index (χ1n) is 5.74. The third-order valence-electron chi connectivity index (χ3n) is 2.73. The molecule has 0 atom stereocenters. The average molecular weight is 245 g/mol. The van der Waals surface area contributed by atoms with Crippen molar-refractivity contribution in [2.75, 3.05) is 23.4 Å². The molecule has 0 heterocycles. The van der Waals surface area contributed by atoms with Gasteiger partial charge >= 0.3 is 0 Å². The first-order valence-corrected chi connectivity index (χ1v) is 5.74. The van der Waals surface area contributed by atoms with Gasteiger partial charge < -0.3 is 16.4 Å². The minimum atomic E-state index is -0.221. The van der Waals surface area contributed by atoms with Crippen LogP contribution in [0.25, 0.3) is 0 Å². The third kappa shape index (κ3) is 2.91. The van der Waals surface area contributed by atoms with E-state index in [1.807, 2.05) is 25.2 Å². The monoisotopic (exact) mass is 245 g/mol. The number of rotatable bonds is 4. The summed E-state index contributed by atoms with van der Waals surface area (Å²) in [6, 6.07) is 12.2. The molecule has 94 valence electrons. The minimum absolute atomic E-state index is 0.221. The minimum Gasteiger partial charge on any atom is -0.397 e. The van der Waals surface area contributed by atoms with Gasteiger partial charge in [-0.3, -0.25) is 0 Å². The van der Waals surface area contributed by atoms with E-state index < -0.39 is 0 Å². The van der Waals surface area contributed by atoms with Crippen LogP contribution < -0.4 is 16.4 Å². The number of nitrogens with two attached hydrogens (primary N) is 1. The molecule has 3 nitrogen and oxygen atoms in total. The molecule has 0 spiro atoms. The predicted octanol–water partition coefficient (Wildman–Crippen LogP) is 3.06. The van der Waals surface area contributed by atoms with Crippen LogP contribution in [0.1, 0.15) is 5.56 Å². The molecule has 4 N–H and O–H groups in total. The van der Waals surface area contributed by atoms with E-state index >= 15 is 0 Å². The number of hydrogen-bond acceptors (Lipinski definition) is 3. The second kappa shape index (κ2) is 5.40. The highest BCUT2D eigenvalue weighted by Crippen LogP contribution is 2.22. The Kier molecular flexibility index (Phi) is 3.67. The number of nitrogens with one attached hydrogen (secondary N) is 2. The summed E-state index contributed by atoms with van der Waals surface area (Å²) in [6.07, 6.45) is 0. The largest absolute Gasteiger partial charge is 0.397 e. The standard InChI is InChI=1S/C14H16FN3/c1-17-14-7-6-12(8-13(14)16)18-9-10-2-4-11(15)5-3-10/h2-8,17-18H,9,16H2,1H3. The molecule has 0 aliphatic carbocycles. The van der Waals surface area contributed by atoms with E-state index in [4.69, 9.17) is 5.73 Å². The van der Waals surface area contributed by atoms with Crippen LogP contribution in [-0.4, -0.2) is 7.05 Å². The molecule has 0 aliphatic heterocycles. The molecule has 2 aromatic carbocycles. The molecule has 0 amide bonds. The highest BCUT2D eigenvalue weighted by Gasteiger charge is 1.99. The topological polar surface area (TPSA) is 50.1 Å². The van der Waals surface area contributed by atoms with Crippen LogP contribution in [0.4, 0.5) is 21.5 Å². The van der Waals surface area contributed by atoms with Gasteiger partial charge in [0.2, 0.25) is 0 Å². The molecule has 18 heavy (non-hydrogen) atoms. The fourth-order valence-corrected chi connectivity index (χ4v) is 1.71. The first-order chi connectivity index (χ1) is 8.69. The zero-order valence-electron chi connectivity index (χ0n) is 10.2. The normalized spacial score (nSPS) is 10.1. The molecule has 4 heteroatoms. The molecule has 0 bridgehead atoms. The van der Waals surface area contributed by atoms with E-state index in [9.17, 15) is 4.39 Å². The van der Waals surface area contributed by atoms with Crippen molar-refractivity contribution >= 4 is 17.1 Å². The van der Waals surface area contributed by atoms with Crippen LogP contribution in [-0.2, 0) is 6.54 Å². The first kappa shape index (κ1) is 12.2. The van der Waals surface area contributed by atoms with Gasteiger partial charge in [-0.2, -0.15) is 0 Å². The third-order valence-corrected chi connectivity index (χ3v) is 2.73. The SMILES string of the molecule is CNc1ccc(NCc2ccc(F)cc2)cc1N. The molecule has 2 aromatic rings. The van der Waals surface area contributed by atoms with Gasteiger partial charge in [-0.1, -0.05) is 12.1 Å². The van der Waals surface area contributed by atoms with E-state index in [0.717, 1.165) is 16.9 Å². The second-order valence-electron chi connectivity index (χ2n) is 4.03. The Hall–Kier alpha value is -2.23. The van der Waals surface area contributed by atoms with Crippen LogP contribution in [0.5, 0.6) is 0 Å². The Morgan fingerprint density at radius 3 is 2.44 bits per heavy atom. The molecule has 0 aromatic heterocycles. The number of benzene rings is 2. The van der Waals surface area contributed by atoms with Gasteiger partial charge in [0.1, 0.15) is 5.82 Å². The van der Waals surface area contributed by atoms with E-state index in [2.05, 4.69) is 10.6 Å². The molecule has 0 fully saturated rings. The summed E-state index contributed by atoms with van der Waals surface area (Å²) in [4.78, 5) is 0. The zero-order chi connectivity index (χ0) is 13.0. The molecular formula is C14H16FN3. The van der Waals surface area contributed by atoms with Gasteiger partial charge in [0.15, 0.2) is 0 Å². The number of anilines is 3. The van der Waals surface area contributed by atoms with E-state index in [1.165, 1.54) is 12.1 Å². The summed E-state index contributed by atoms with van der Waals surface area (Å²) in [6.45, 7) is 0.638. The maximum atomic E-state index is 12.7. The van der Waals surface area contributed by atoms with E-state index in [-0.39, 0.29) is 5.82 Å². The fourth-order valence-electron chi connectivity index (χ4n) is 1.71. The lowest BCUT2D eigenvalue weighted by Crippen LogP contribution is -2.01. The van der Waals surface area contributed by atoms with Crippen molar-refractivity contribution in [3.8, 4) is 0 Å². The van der Waals surface area contributed by atoms with Crippen molar-refractivity contribution in [3.63, 3.8) is 0 Å². The van der Waals surface area contributed by atoms with Crippen molar-refractivity contribution in [2.45, 2.75) is 6.54 Å². The Labute approximate surface area is 106 Å². The molecule has 0 aliphatic rings. The summed E-state index contributed by atoms with van der Waals surface area (Å²) < 4.78 is 12.7. The van der Waals surface area contributed by atoms with Crippen LogP contribution >= 0.6 is 0 Å². The number of nitrogen functional groups attached to an aromatic ring is 1. The molecule has 2 rings (SSSR count). The fraction of sp³-hybridized carbons (Fsp3) is 0.143. The van der Waals surface area contributed by atoms with Crippen LogP contribution in [0, 0.1) is 5.82 Å². The summed E-state index contributed by atoms with van der Waals surface area (Å²) in [5, 5.41) is 6.25. The summed E-state index contributed by atoms with van der Waals surface area (Å²) in [7, 11) is 1.83. The molecule has 0 unspecified atom stereocenters. The van der Waals surface area contributed by atoms with E-state index in [1.54, 1.807) is 12.1 Å². The molecular weight excluding hydrogens is 229 g/mol. The predicted molar refractivity (Wildman–Crippen MR) is 74.1 cm³/mol. The van der Waals surface area contributed by atoms with Gasteiger partial charge in [-0.05, 0) is 35.9 Å². The van der Waals surface area contributed by atoms with E-state index in [0.29, 0.717) is 12.2 Å². The summed E-state index contributed by atoms with van der Waals surface area (Å²) in [5.41, 5.74) is 9.43. The number of hydrogen-bond donors (Lipinski definition) is 3. The van der Waals surface area contributed by atoms with Gasteiger partial charge in [0, 0.05) is 19.3 Å². The van der Waals surface area contributed by atoms with Gasteiger partial charge in [0.05, 0.1) is 11.4 Å². The Morgan fingerprint density at radius 2 is 1.83 bits per heavy atom. The molecule has 0 saturated carbocycles. The van der Waals surface area contributed by atoms with Gasteiger partial charge in [-0.15, -0.1) is 0 Å². The quantitative estimate of drug-likeness (QED) is 0.726. The van der Waals surface area contributed by atoms with Gasteiger partial charge in [0.25, 0.3) is 0 Å². The van der Waals surface area contributed by atoms with Crippen LogP contribution in [0.3, 0.4) is 0 Å². The van der Waals surface area contributed by atoms with Crippen LogP contribution in [0.15, 0.2) is 42.5 Å². The second-order valence-corrected chi connectivity index (χ2v) is 4.03. The maximum absolute atomic E-state index is 12.7. The average Bonchev–Trinajstić information content (AvgIpc) is 2.38. The lowest BCUT2D eigenvalue weighted by Gasteiger charge is -2.10. The van der Waals surface area contributed by atoms with Crippen molar-refractivity contribution in [1.82, 2.24) is 0 Å². The van der Waals surface area contributed by atoms with Crippen molar-refractivity contribution < 1.29 is 4.39 Å². The maximum Gasteiger partial charge on any atom is 0.123 e. The Bertz CT molecular complexity index is 523. The van der Waals surface area contributed by atoms with Crippen molar-refractivity contribution in [2.24, 2.45) is 0 Å². The number of halogens is 1. The summed E-state index contributed by atoms with van der Waals surface area (Å²) in [5.74, 6) is -0.221. The molecule has 0 radical (unpaired) electrons. The smallest absolute Gasteiger partial charge is 0.123 e. The van der Waals surface area contributed by atoms with Crippen molar-refractivity contribution in [1.29, 1.82) is 0 Å². The highest BCUT2D eigenvalue weighted by molar-refractivity contribution is 5.71.